The van der Waals surface area contributed by atoms with Gasteiger partial charge in [0, 0.05) is 12.6 Å². The van der Waals surface area contributed by atoms with E-state index in [9.17, 15) is 13.6 Å². The monoisotopic (exact) mass is 342 g/mol. The van der Waals surface area contributed by atoms with Crippen molar-refractivity contribution in [2.24, 2.45) is 0 Å². The third-order valence-corrected chi connectivity index (χ3v) is 4.13. The first kappa shape index (κ1) is 16.8. The Labute approximate surface area is 143 Å². The third kappa shape index (κ3) is 3.40. The number of carbonyl (C=O) groups is 1. The van der Waals surface area contributed by atoms with E-state index in [-0.39, 0.29) is 17.5 Å². The normalized spacial score (nSPS) is 12.0. The minimum atomic E-state index is -1.04. The van der Waals surface area contributed by atoms with Crippen molar-refractivity contribution < 1.29 is 13.6 Å². The lowest BCUT2D eigenvalue weighted by Gasteiger charge is -2.25. The Hall–Kier alpha value is -3.09. The van der Waals surface area contributed by atoms with Crippen LogP contribution in [0.4, 0.5) is 8.78 Å². The lowest BCUT2D eigenvalue weighted by molar-refractivity contribution is 0.0742. The fourth-order valence-corrected chi connectivity index (χ4v) is 2.48. The van der Waals surface area contributed by atoms with Crippen molar-refractivity contribution >= 4 is 5.91 Å². The quantitative estimate of drug-likeness (QED) is 0.730. The van der Waals surface area contributed by atoms with Crippen molar-refractivity contribution in [1.82, 2.24) is 19.7 Å². The van der Waals surface area contributed by atoms with Gasteiger partial charge in [-0.1, -0.05) is 12.1 Å². The summed E-state index contributed by atoms with van der Waals surface area (Å²) in [5.41, 5.74) is 1.86. The van der Waals surface area contributed by atoms with Crippen LogP contribution < -0.4 is 0 Å². The van der Waals surface area contributed by atoms with Crippen molar-refractivity contribution in [1.29, 1.82) is 0 Å². The average molecular weight is 342 g/mol. The second-order valence-corrected chi connectivity index (χ2v) is 5.65. The van der Waals surface area contributed by atoms with E-state index >= 15 is 0 Å². The molecule has 0 spiro atoms. The summed E-state index contributed by atoms with van der Waals surface area (Å²) in [6.07, 6.45) is 3.04. The molecule has 0 aliphatic heterocycles. The van der Waals surface area contributed by atoms with Crippen LogP contribution in [0.15, 0.2) is 55.1 Å². The number of aromatic nitrogens is 3. The summed E-state index contributed by atoms with van der Waals surface area (Å²) >= 11 is 0. The van der Waals surface area contributed by atoms with E-state index in [2.05, 4.69) is 10.1 Å². The molecule has 0 saturated heterocycles. The summed E-state index contributed by atoms with van der Waals surface area (Å²) in [5.74, 6) is -2.40. The SMILES string of the molecule is CC(c1ccc(-n2cncn2)cc1)N(C)C(=O)c1ccc(F)c(F)c1. The summed E-state index contributed by atoms with van der Waals surface area (Å²) in [6.45, 7) is 1.86. The number of rotatable bonds is 4. The highest BCUT2D eigenvalue weighted by Gasteiger charge is 2.20. The predicted octanol–water partition coefficient (Wildman–Crippen LogP) is 3.38. The van der Waals surface area contributed by atoms with Gasteiger partial charge >= 0.3 is 0 Å². The summed E-state index contributed by atoms with van der Waals surface area (Å²) in [6, 6.07) is 10.4. The first-order chi connectivity index (χ1) is 12.0. The van der Waals surface area contributed by atoms with E-state index in [1.165, 1.54) is 17.3 Å². The zero-order valence-electron chi connectivity index (χ0n) is 13.7. The van der Waals surface area contributed by atoms with Crippen LogP contribution in [-0.2, 0) is 0 Å². The molecule has 1 heterocycles. The third-order valence-electron chi connectivity index (χ3n) is 4.13. The molecule has 3 aromatic rings. The molecule has 1 unspecified atom stereocenters. The van der Waals surface area contributed by atoms with Crippen molar-refractivity contribution in [3.05, 3.63) is 77.9 Å². The molecular formula is C18H16F2N4O. The van der Waals surface area contributed by atoms with Gasteiger partial charge in [-0.05, 0) is 42.8 Å². The Morgan fingerprint density at radius 1 is 1.12 bits per heavy atom. The van der Waals surface area contributed by atoms with Crippen molar-refractivity contribution in [2.45, 2.75) is 13.0 Å². The maximum Gasteiger partial charge on any atom is 0.254 e. The smallest absolute Gasteiger partial charge is 0.254 e. The van der Waals surface area contributed by atoms with E-state index in [0.29, 0.717) is 0 Å². The van der Waals surface area contributed by atoms with Gasteiger partial charge in [-0.2, -0.15) is 5.10 Å². The van der Waals surface area contributed by atoms with E-state index in [4.69, 9.17) is 0 Å². The largest absolute Gasteiger partial charge is 0.335 e. The van der Waals surface area contributed by atoms with Gasteiger partial charge in [0.25, 0.3) is 5.91 Å². The Bertz CT molecular complexity index is 879. The van der Waals surface area contributed by atoms with Crippen LogP contribution in [0.2, 0.25) is 0 Å². The Balaban J connectivity index is 1.78. The van der Waals surface area contributed by atoms with Crippen LogP contribution in [-0.4, -0.2) is 32.6 Å². The van der Waals surface area contributed by atoms with Crippen molar-refractivity contribution in [3.8, 4) is 5.69 Å². The van der Waals surface area contributed by atoms with Gasteiger partial charge in [-0.3, -0.25) is 4.79 Å². The van der Waals surface area contributed by atoms with Gasteiger partial charge in [0.2, 0.25) is 0 Å². The topological polar surface area (TPSA) is 51.0 Å². The van der Waals surface area contributed by atoms with Crippen molar-refractivity contribution in [2.75, 3.05) is 7.05 Å². The Morgan fingerprint density at radius 3 is 2.44 bits per heavy atom. The highest BCUT2D eigenvalue weighted by atomic mass is 19.2. The highest BCUT2D eigenvalue weighted by Crippen LogP contribution is 2.22. The Morgan fingerprint density at radius 2 is 1.84 bits per heavy atom. The second-order valence-electron chi connectivity index (χ2n) is 5.65. The lowest BCUT2D eigenvalue weighted by atomic mass is 10.1. The molecule has 1 aromatic heterocycles. The van der Waals surface area contributed by atoms with Gasteiger partial charge in [0.05, 0.1) is 11.7 Å². The molecule has 5 nitrogen and oxygen atoms in total. The molecule has 1 atom stereocenters. The van der Waals surface area contributed by atoms with Crippen LogP contribution in [0.1, 0.15) is 28.9 Å². The first-order valence-corrected chi connectivity index (χ1v) is 7.64. The number of nitrogens with zero attached hydrogens (tertiary/aromatic N) is 4. The molecule has 0 aliphatic rings. The number of benzene rings is 2. The Kier molecular flexibility index (Phi) is 4.56. The van der Waals surface area contributed by atoms with Crippen LogP contribution in [0, 0.1) is 11.6 Å². The maximum absolute atomic E-state index is 13.3. The molecule has 0 fully saturated rings. The van der Waals surface area contributed by atoms with Gasteiger partial charge in [0.15, 0.2) is 11.6 Å². The molecule has 0 saturated carbocycles. The fraction of sp³-hybridized carbons (Fsp3) is 0.167. The minimum Gasteiger partial charge on any atom is -0.335 e. The molecule has 3 rings (SSSR count). The van der Waals surface area contributed by atoms with Crippen molar-refractivity contribution in [3.63, 3.8) is 0 Å². The molecule has 0 aliphatic carbocycles. The molecule has 0 bridgehead atoms. The number of hydrogen-bond donors (Lipinski definition) is 0. The predicted molar refractivity (Wildman–Crippen MR) is 88.2 cm³/mol. The lowest BCUT2D eigenvalue weighted by Crippen LogP contribution is -2.29. The van der Waals surface area contributed by atoms with Gasteiger partial charge in [0.1, 0.15) is 12.7 Å². The standard InChI is InChI=1S/C18H16F2N4O/c1-12(13-3-6-15(7-4-13)24-11-21-10-22-24)23(2)18(25)14-5-8-16(19)17(20)9-14/h3-12H,1-2H3. The number of hydrogen-bond acceptors (Lipinski definition) is 3. The van der Waals surface area contributed by atoms with E-state index < -0.39 is 11.6 Å². The second kappa shape index (κ2) is 6.80. The van der Waals surface area contributed by atoms with E-state index in [0.717, 1.165) is 23.4 Å². The highest BCUT2D eigenvalue weighted by molar-refractivity contribution is 5.94. The number of halogens is 2. The zero-order chi connectivity index (χ0) is 18.0. The summed E-state index contributed by atoms with van der Waals surface area (Å²) in [4.78, 5) is 17.9. The molecule has 0 N–H and O–H groups in total. The van der Waals surface area contributed by atoms with Gasteiger partial charge in [-0.25, -0.2) is 18.4 Å². The molecular weight excluding hydrogens is 326 g/mol. The fourth-order valence-electron chi connectivity index (χ4n) is 2.48. The average Bonchev–Trinajstić information content (AvgIpc) is 3.17. The van der Waals surface area contributed by atoms with Crippen LogP contribution in [0.25, 0.3) is 5.69 Å². The molecule has 128 valence electrons. The first-order valence-electron chi connectivity index (χ1n) is 7.64. The number of carbonyl (C=O) groups excluding carboxylic acids is 1. The van der Waals surface area contributed by atoms with Gasteiger partial charge in [-0.15, -0.1) is 0 Å². The maximum atomic E-state index is 13.3. The van der Waals surface area contributed by atoms with Crippen LogP contribution in [0.3, 0.4) is 0 Å². The summed E-state index contributed by atoms with van der Waals surface area (Å²) < 4.78 is 28.0. The van der Waals surface area contributed by atoms with Gasteiger partial charge < -0.3 is 4.90 Å². The molecule has 0 radical (unpaired) electrons. The van der Waals surface area contributed by atoms with E-state index in [1.54, 1.807) is 18.1 Å². The molecule has 7 heteroatoms. The van der Waals surface area contributed by atoms with E-state index in [1.807, 2.05) is 31.2 Å². The zero-order valence-corrected chi connectivity index (χ0v) is 13.7. The molecule has 25 heavy (non-hydrogen) atoms. The van der Waals surface area contributed by atoms with Crippen LogP contribution in [0.5, 0.6) is 0 Å². The minimum absolute atomic E-state index is 0.104. The molecule has 2 aromatic carbocycles. The summed E-state index contributed by atoms with van der Waals surface area (Å²) in [5, 5.41) is 4.05. The number of amides is 1. The van der Waals surface area contributed by atoms with Crippen LogP contribution >= 0.6 is 0 Å². The molecule has 1 amide bonds. The summed E-state index contributed by atoms with van der Waals surface area (Å²) in [7, 11) is 1.62.